The molecule has 0 amide bonds. The highest BCUT2D eigenvalue weighted by molar-refractivity contribution is 5.07. The van der Waals surface area contributed by atoms with Gasteiger partial charge in [-0.1, -0.05) is 12.0 Å². The van der Waals surface area contributed by atoms with E-state index in [4.69, 9.17) is 9.78 Å². The van der Waals surface area contributed by atoms with Gasteiger partial charge in [0.2, 0.25) is 0 Å². The van der Waals surface area contributed by atoms with E-state index < -0.39 is 0 Å². The van der Waals surface area contributed by atoms with E-state index in [9.17, 15) is 5.11 Å². The number of hydrogen-bond donors (Lipinski definition) is 1. The normalized spacial score (nSPS) is 40.6. The van der Waals surface area contributed by atoms with Crippen molar-refractivity contribution in [1.29, 1.82) is 0 Å². The van der Waals surface area contributed by atoms with Gasteiger partial charge in [-0.15, -0.1) is 0 Å². The Hall–Kier alpha value is -0.380. The third-order valence-corrected chi connectivity index (χ3v) is 6.60. The second-order valence-corrected chi connectivity index (χ2v) is 7.66. The zero-order chi connectivity index (χ0) is 15.0. The molecule has 120 valence electrons. The molecule has 0 aromatic rings. The highest BCUT2D eigenvalue weighted by Crippen LogP contribution is 2.63. The Balaban J connectivity index is 1.52. The number of hydrogen-bond acceptors (Lipinski definition) is 3. The summed E-state index contributed by atoms with van der Waals surface area (Å²) in [6.45, 7) is 7.80. The molecule has 6 unspecified atom stereocenters. The van der Waals surface area contributed by atoms with Gasteiger partial charge in [0, 0.05) is 6.61 Å². The molecule has 3 aliphatic rings. The van der Waals surface area contributed by atoms with Crippen molar-refractivity contribution in [1.82, 2.24) is 0 Å². The van der Waals surface area contributed by atoms with Gasteiger partial charge in [-0.2, -0.15) is 0 Å². The summed E-state index contributed by atoms with van der Waals surface area (Å²) in [6.07, 6.45) is 5.51. The molecule has 3 saturated carbocycles. The van der Waals surface area contributed by atoms with Crippen LogP contribution in [0.25, 0.3) is 0 Å². The smallest absolute Gasteiger partial charge is 0.103 e. The molecule has 0 spiro atoms. The van der Waals surface area contributed by atoms with Gasteiger partial charge in [-0.25, -0.2) is 9.78 Å². The van der Waals surface area contributed by atoms with E-state index in [1.54, 1.807) is 0 Å². The molecule has 3 aliphatic carbocycles. The summed E-state index contributed by atoms with van der Waals surface area (Å²) < 4.78 is 0. The number of aliphatic hydroxyl groups is 1. The summed E-state index contributed by atoms with van der Waals surface area (Å²) in [5.74, 6) is 4.28. The summed E-state index contributed by atoms with van der Waals surface area (Å²) >= 11 is 0. The largest absolute Gasteiger partial charge is 0.396 e. The lowest BCUT2D eigenvalue weighted by Gasteiger charge is -2.37. The van der Waals surface area contributed by atoms with Gasteiger partial charge in [0.15, 0.2) is 0 Å². The van der Waals surface area contributed by atoms with Gasteiger partial charge in [-0.05, 0) is 81.1 Å². The molecule has 0 aromatic heterocycles. The highest BCUT2D eigenvalue weighted by Gasteiger charge is 2.58. The van der Waals surface area contributed by atoms with Crippen molar-refractivity contribution in [2.75, 3.05) is 19.8 Å². The number of rotatable bonds is 6. The molecule has 3 heteroatoms. The number of allylic oxidation sites excluding steroid dienone is 1. The quantitative estimate of drug-likeness (QED) is 0.352. The van der Waals surface area contributed by atoms with E-state index >= 15 is 0 Å². The van der Waals surface area contributed by atoms with Crippen LogP contribution in [0.4, 0.5) is 0 Å². The highest BCUT2D eigenvalue weighted by atomic mass is 17.2. The lowest BCUT2D eigenvalue weighted by Crippen LogP contribution is -2.36. The predicted octanol–water partition coefficient (Wildman–Crippen LogP) is 3.58. The fraction of sp³-hybridized carbons (Fsp3) is 0.889. The van der Waals surface area contributed by atoms with Crippen LogP contribution in [0.15, 0.2) is 11.1 Å². The topological polar surface area (TPSA) is 38.7 Å². The Morgan fingerprint density at radius 2 is 1.62 bits per heavy atom. The fourth-order valence-corrected chi connectivity index (χ4v) is 5.28. The van der Waals surface area contributed by atoms with Crippen molar-refractivity contribution in [2.45, 2.75) is 46.5 Å². The summed E-state index contributed by atoms with van der Waals surface area (Å²) in [5, 5.41) is 9.79. The standard InChI is InChI=1S/C18H30O3/c1-11(2)12(3)9-20-21-10-18-16-7-15(17(18)8-19)13-5-4-6-14(13)16/h13-19H,4-10H2,1-3H3. The van der Waals surface area contributed by atoms with Crippen LogP contribution in [-0.4, -0.2) is 24.9 Å². The van der Waals surface area contributed by atoms with Gasteiger partial charge in [0.1, 0.15) is 6.61 Å². The Labute approximate surface area is 128 Å². The van der Waals surface area contributed by atoms with Crippen molar-refractivity contribution in [2.24, 2.45) is 35.5 Å². The first-order valence-corrected chi connectivity index (χ1v) is 8.61. The van der Waals surface area contributed by atoms with E-state index in [1.807, 2.05) is 0 Å². The molecular formula is C18H30O3. The molecule has 21 heavy (non-hydrogen) atoms. The first-order chi connectivity index (χ1) is 10.1. The lowest BCUT2D eigenvalue weighted by molar-refractivity contribution is -0.300. The Morgan fingerprint density at radius 1 is 0.952 bits per heavy atom. The Kier molecular flexibility index (Phi) is 4.72. The zero-order valence-electron chi connectivity index (χ0n) is 13.7. The molecule has 0 heterocycles. The maximum absolute atomic E-state index is 9.79. The third kappa shape index (κ3) is 2.80. The average molecular weight is 294 g/mol. The van der Waals surface area contributed by atoms with Crippen LogP contribution in [0, 0.1) is 35.5 Å². The minimum atomic E-state index is 0.325. The third-order valence-electron chi connectivity index (χ3n) is 6.60. The monoisotopic (exact) mass is 294 g/mol. The van der Waals surface area contributed by atoms with Crippen LogP contribution < -0.4 is 0 Å². The second kappa shape index (κ2) is 6.39. The van der Waals surface area contributed by atoms with Gasteiger partial charge in [-0.3, -0.25) is 0 Å². The lowest BCUT2D eigenvalue weighted by atomic mass is 9.70. The van der Waals surface area contributed by atoms with Gasteiger partial charge in [0.25, 0.3) is 0 Å². The van der Waals surface area contributed by atoms with Crippen molar-refractivity contribution in [3.05, 3.63) is 11.1 Å². The molecule has 0 saturated heterocycles. The Morgan fingerprint density at radius 3 is 2.24 bits per heavy atom. The van der Waals surface area contributed by atoms with Crippen LogP contribution in [0.2, 0.25) is 0 Å². The minimum Gasteiger partial charge on any atom is -0.396 e. The number of fused-ring (bicyclic) bond motifs is 5. The molecule has 2 bridgehead atoms. The zero-order valence-corrected chi connectivity index (χ0v) is 13.7. The maximum atomic E-state index is 9.79. The van der Waals surface area contributed by atoms with Crippen LogP contribution in [0.1, 0.15) is 46.5 Å². The maximum Gasteiger partial charge on any atom is 0.103 e. The molecule has 3 fully saturated rings. The molecule has 6 atom stereocenters. The van der Waals surface area contributed by atoms with E-state index in [-0.39, 0.29) is 0 Å². The second-order valence-electron chi connectivity index (χ2n) is 7.66. The molecule has 1 N–H and O–H groups in total. The molecule has 3 nitrogen and oxygen atoms in total. The van der Waals surface area contributed by atoms with E-state index in [2.05, 4.69) is 20.8 Å². The van der Waals surface area contributed by atoms with Crippen molar-refractivity contribution in [3.8, 4) is 0 Å². The minimum absolute atomic E-state index is 0.325. The van der Waals surface area contributed by atoms with E-state index in [0.29, 0.717) is 31.7 Å². The van der Waals surface area contributed by atoms with Gasteiger partial charge < -0.3 is 5.11 Å². The fourth-order valence-electron chi connectivity index (χ4n) is 5.28. The van der Waals surface area contributed by atoms with Crippen LogP contribution >= 0.6 is 0 Å². The summed E-state index contributed by atoms with van der Waals surface area (Å²) in [7, 11) is 0. The van der Waals surface area contributed by atoms with Crippen LogP contribution in [-0.2, 0) is 9.78 Å². The summed E-state index contributed by atoms with van der Waals surface area (Å²) in [5.41, 5.74) is 2.53. The molecular weight excluding hydrogens is 264 g/mol. The SMILES string of the molecule is CC(C)=C(C)COOCC1C(CO)C2CC1C1CCCC12. The van der Waals surface area contributed by atoms with Crippen molar-refractivity contribution >= 4 is 0 Å². The van der Waals surface area contributed by atoms with E-state index in [0.717, 1.165) is 23.7 Å². The average Bonchev–Trinajstić information content (AvgIpc) is 3.13. The summed E-state index contributed by atoms with van der Waals surface area (Å²) in [4.78, 5) is 10.9. The van der Waals surface area contributed by atoms with Crippen molar-refractivity contribution < 1.29 is 14.9 Å². The molecule has 0 aliphatic heterocycles. The number of aliphatic hydroxyl groups excluding tert-OH is 1. The predicted molar refractivity (Wildman–Crippen MR) is 82.4 cm³/mol. The molecule has 0 aromatic carbocycles. The first-order valence-electron chi connectivity index (χ1n) is 8.61. The van der Waals surface area contributed by atoms with E-state index in [1.165, 1.54) is 36.8 Å². The molecule has 3 rings (SSSR count). The summed E-state index contributed by atoms with van der Waals surface area (Å²) in [6, 6.07) is 0. The van der Waals surface area contributed by atoms with Gasteiger partial charge >= 0.3 is 0 Å². The Bertz CT molecular complexity index is 399. The van der Waals surface area contributed by atoms with Crippen molar-refractivity contribution in [3.63, 3.8) is 0 Å². The first kappa shape index (κ1) is 15.5. The van der Waals surface area contributed by atoms with Crippen LogP contribution in [0.5, 0.6) is 0 Å². The van der Waals surface area contributed by atoms with Gasteiger partial charge in [0.05, 0.1) is 6.61 Å². The van der Waals surface area contributed by atoms with Crippen LogP contribution in [0.3, 0.4) is 0 Å². The molecule has 0 radical (unpaired) electrons.